The number of rotatable bonds is 7. The Bertz CT molecular complexity index is 5890. The van der Waals surface area contributed by atoms with Crippen LogP contribution in [-0.2, 0) is 43.3 Å². The van der Waals surface area contributed by atoms with Crippen LogP contribution in [0.2, 0.25) is 0 Å². The molecule has 0 bridgehead atoms. The highest BCUT2D eigenvalue weighted by molar-refractivity contribution is 7.00. The Hall–Kier alpha value is -10.1. The number of aromatic nitrogens is 2. The molecule has 0 saturated heterocycles. The number of hydrogen-bond acceptors (Lipinski definition) is 2. The summed E-state index contributed by atoms with van der Waals surface area (Å²) in [5.74, 6) is 0. The smallest absolute Gasteiger partial charge is 0.252 e. The second-order valence-corrected chi connectivity index (χ2v) is 39.0. The molecule has 4 heterocycles. The van der Waals surface area contributed by atoms with Crippen molar-refractivity contribution in [2.24, 2.45) is 0 Å². The predicted molar refractivity (Wildman–Crippen MR) is 462 cm³/mol. The van der Waals surface area contributed by atoms with E-state index in [9.17, 15) is 0 Å². The van der Waals surface area contributed by atoms with Gasteiger partial charge >= 0.3 is 0 Å². The van der Waals surface area contributed by atoms with Gasteiger partial charge in [0.1, 0.15) is 0 Å². The van der Waals surface area contributed by atoms with Crippen LogP contribution in [0.25, 0.3) is 88.4 Å². The van der Waals surface area contributed by atoms with E-state index in [-0.39, 0.29) is 50.0 Å². The van der Waals surface area contributed by atoms with E-state index in [1.807, 2.05) is 0 Å². The van der Waals surface area contributed by atoms with E-state index in [0.29, 0.717) is 0 Å². The van der Waals surface area contributed by atoms with E-state index in [2.05, 4.69) is 394 Å². The lowest BCUT2D eigenvalue weighted by Gasteiger charge is -2.44. The highest BCUT2D eigenvalue weighted by atomic mass is 15.2. The number of fused-ring (bicyclic) bond motifs is 12. The van der Waals surface area contributed by atoms with Crippen LogP contribution < -0.4 is 26.2 Å². The second-order valence-electron chi connectivity index (χ2n) is 39.0. The molecule has 4 aliphatic rings. The van der Waals surface area contributed by atoms with Gasteiger partial charge in [0.25, 0.3) is 6.71 Å². The number of hydrogen-bond donors (Lipinski definition) is 0. The average Bonchev–Trinajstić information content (AvgIpc) is 1.15. The van der Waals surface area contributed by atoms with Crippen LogP contribution in [0.5, 0.6) is 0 Å². The van der Waals surface area contributed by atoms with Crippen LogP contribution in [0, 0.1) is 0 Å². The fraction of sp³-hybridized carbons (Fsp3) is 0.294. The summed E-state index contributed by atoms with van der Waals surface area (Å²) in [4.78, 5) is 5.28. The molecular weight excluding hydrogens is 1290 g/mol. The van der Waals surface area contributed by atoms with E-state index in [1.165, 1.54) is 144 Å². The van der Waals surface area contributed by atoms with Crippen LogP contribution in [0.1, 0.15) is 196 Å². The van der Waals surface area contributed by atoms with E-state index in [0.717, 1.165) is 52.7 Å². The van der Waals surface area contributed by atoms with Crippen molar-refractivity contribution < 1.29 is 0 Å². The minimum atomic E-state index is -0.176. The molecule has 534 valence electrons. The van der Waals surface area contributed by atoms with Crippen molar-refractivity contribution >= 4 is 101 Å². The lowest BCUT2D eigenvalue weighted by molar-refractivity contribution is 0.402. The Kier molecular flexibility index (Phi) is 14.9. The van der Waals surface area contributed by atoms with E-state index in [1.54, 1.807) is 0 Å². The van der Waals surface area contributed by atoms with Gasteiger partial charge in [-0.2, -0.15) is 0 Å². The van der Waals surface area contributed by atoms with Gasteiger partial charge in [-0.1, -0.05) is 272 Å². The van der Waals surface area contributed by atoms with Crippen molar-refractivity contribution in [3.8, 4) is 44.8 Å². The van der Waals surface area contributed by atoms with Crippen LogP contribution in [0.3, 0.4) is 0 Å². The number of anilines is 6. The molecule has 0 radical (unpaired) electrons. The normalized spacial score (nSPS) is 16.2. The average molecular weight is 1400 g/mol. The quantitative estimate of drug-likeness (QED) is 0.148. The zero-order chi connectivity index (χ0) is 74.9. The van der Waals surface area contributed by atoms with Crippen molar-refractivity contribution in [3.63, 3.8) is 0 Å². The summed E-state index contributed by atoms with van der Waals surface area (Å²) in [6, 6.07) is 93.8. The molecule has 0 saturated carbocycles. The van der Waals surface area contributed by atoms with Gasteiger partial charge in [-0.25, -0.2) is 0 Å². The maximum absolute atomic E-state index is 2.66. The Labute approximate surface area is 636 Å². The highest BCUT2D eigenvalue weighted by Crippen LogP contribution is 2.54. The minimum Gasteiger partial charge on any atom is -0.311 e. The molecule has 4 nitrogen and oxygen atoms in total. The topological polar surface area (TPSA) is 16.3 Å². The highest BCUT2D eigenvalue weighted by Gasteiger charge is 2.47. The Morgan fingerprint density at radius 2 is 0.598 bits per heavy atom. The molecule has 0 fully saturated rings. The molecular formula is C102H103BN4. The van der Waals surface area contributed by atoms with E-state index >= 15 is 0 Å². The van der Waals surface area contributed by atoms with Crippen molar-refractivity contribution in [2.45, 2.75) is 195 Å². The van der Waals surface area contributed by atoms with Gasteiger partial charge < -0.3 is 18.9 Å². The van der Waals surface area contributed by atoms with Gasteiger partial charge in [-0.05, 0) is 254 Å². The van der Waals surface area contributed by atoms with Gasteiger partial charge in [0, 0.05) is 61.4 Å². The molecule has 2 aliphatic carbocycles. The minimum absolute atomic E-state index is 0.0391. The first-order chi connectivity index (χ1) is 50.5. The first-order valence-electron chi connectivity index (χ1n) is 39.3. The standard InChI is InChI=1S/C102H103BN4/c1-95(2,3)68-33-46-86-76(53-68)77-54-69(96(4,5)6)34-47-87(77)106(86)74-41-44-84-91(57-74)105(73-39-28-64(29-40-73)66-31-43-81-83(51-66)102(19,20)61-100(81,15)16)93-59-75(107-88-48-35-70(97(7,8)9)55-78(88)79-56-71(98(10,11)12)36-49-89(79)107)58-92-94(93)103(84)85-52-67(62-24-22-21-23-25-62)32-45-90(85)104(92)72-37-26-63(27-38-72)65-30-42-80-82(50-65)101(17,18)60-99(80,13)14/h21-59H,60-61H2,1-20H3. The summed E-state index contributed by atoms with van der Waals surface area (Å²) < 4.78 is 5.16. The summed E-state index contributed by atoms with van der Waals surface area (Å²) in [7, 11) is 0. The molecule has 0 N–H and O–H groups in total. The fourth-order valence-corrected chi connectivity index (χ4v) is 20.0. The maximum atomic E-state index is 2.66. The van der Waals surface area contributed by atoms with Crippen molar-refractivity contribution in [1.29, 1.82) is 0 Å². The SMILES string of the molecule is CC(C)(C)c1ccc2c(c1)c1cc(C(C)(C)C)ccc1n2-c1ccc2c(c1)N(c1ccc(-c3ccc4c(c3)C(C)(C)CC4(C)C)cc1)c1cc(-n3c4ccc(C(C)(C)C)cc4c4cc(C(C)(C)C)ccc43)cc3c1B2c1cc(-c2ccccc2)ccc1N3c1ccc(-c2ccc3c(c2)C(C)(C)CC3(C)C)cc1. The summed E-state index contributed by atoms with van der Waals surface area (Å²) >= 11 is 0. The monoisotopic (exact) mass is 1390 g/mol. The van der Waals surface area contributed by atoms with Crippen molar-refractivity contribution in [2.75, 3.05) is 9.80 Å². The Balaban J connectivity index is 0.939. The van der Waals surface area contributed by atoms with Gasteiger partial charge in [-0.3, -0.25) is 0 Å². The summed E-state index contributed by atoms with van der Waals surface area (Å²) in [5, 5.41) is 5.09. The molecule has 12 aromatic carbocycles. The second kappa shape index (κ2) is 23.2. The van der Waals surface area contributed by atoms with Crippen LogP contribution in [0.15, 0.2) is 237 Å². The van der Waals surface area contributed by atoms with Crippen molar-refractivity contribution in [3.05, 3.63) is 281 Å². The van der Waals surface area contributed by atoms with Gasteiger partial charge in [0.15, 0.2) is 0 Å². The van der Waals surface area contributed by atoms with Crippen LogP contribution >= 0.6 is 0 Å². The molecule has 18 rings (SSSR count). The zero-order valence-corrected chi connectivity index (χ0v) is 66.8. The Morgan fingerprint density at radius 1 is 0.262 bits per heavy atom. The third-order valence-electron chi connectivity index (χ3n) is 25.3. The van der Waals surface area contributed by atoms with Gasteiger partial charge in [0.05, 0.1) is 27.8 Å². The molecule has 2 aromatic heterocycles. The first kappa shape index (κ1) is 68.7. The maximum Gasteiger partial charge on any atom is 0.252 e. The van der Waals surface area contributed by atoms with Crippen LogP contribution in [-0.4, -0.2) is 15.8 Å². The fourth-order valence-electron chi connectivity index (χ4n) is 20.0. The molecule has 0 amide bonds. The van der Waals surface area contributed by atoms with Gasteiger partial charge in [0.2, 0.25) is 0 Å². The molecule has 5 heteroatoms. The lowest BCUT2D eigenvalue weighted by atomic mass is 9.33. The van der Waals surface area contributed by atoms with Crippen LogP contribution in [0.4, 0.5) is 34.1 Å². The first-order valence-corrected chi connectivity index (χ1v) is 39.3. The third kappa shape index (κ3) is 11.0. The Morgan fingerprint density at radius 3 is 1.01 bits per heavy atom. The molecule has 0 spiro atoms. The van der Waals surface area contributed by atoms with E-state index in [4.69, 9.17) is 0 Å². The summed E-state index contributed by atoms with van der Waals surface area (Å²) in [6.45, 7) is 47.3. The molecule has 0 unspecified atom stereocenters. The number of benzene rings is 12. The zero-order valence-electron chi connectivity index (χ0n) is 66.8. The molecule has 107 heavy (non-hydrogen) atoms. The largest absolute Gasteiger partial charge is 0.311 e. The predicted octanol–water partition coefficient (Wildman–Crippen LogP) is 26.1. The molecule has 0 atom stereocenters. The molecule has 14 aromatic rings. The molecule has 2 aliphatic heterocycles. The van der Waals surface area contributed by atoms with E-state index < -0.39 is 0 Å². The lowest BCUT2D eigenvalue weighted by Crippen LogP contribution is -2.61. The summed E-state index contributed by atoms with van der Waals surface area (Å²) in [6.07, 6.45) is 2.26. The van der Waals surface area contributed by atoms with Gasteiger partial charge in [-0.15, -0.1) is 0 Å². The number of nitrogens with zero attached hydrogens (tertiary/aromatic N) is 4. The third-order valence-corrected chi connectivity index (χ3v) is 25.3. The van der Waals surface area contributed by atoms with Crippen molar-refractivity contribution in [1.82, 2.24) is 9.13 Å². The summed E-state index contributed by atoms with van der Waals surface area (Å²) in [5.41, 5.74) is 36.4.